The fourth-order valence-electron chi connectivity index (χ4n) is 2.76. The molecule has 1 amide bonds. The van der Waals surface area contributed by atoms with Gasteiger partial charge in [0.1, 0.15) is 0 Å². The summed E-state index contributed by atoms with van der Waals surface area (Å²) >= 11 is 0. The average molecular weight is 345 g/mol. The van der Waals surface area contributed by atoms with E-state index in [0.717, 1.165) is 28.2 Å². The van der Waals surface area contributed by atoms with Crippen molar-refractivity contribution >= 4 is 23.0 Å². The lowest BCUT2D eigenvalue weighted by atomic mass is 10.1. The molecule has 1 aromatic heterocycles. The minimum absolute atomic E-state index is 0.171. The van der Waals surface area contributed by atoms with E-state index in [1.165, 1.54) is 11.1 Å². The molecule has 0 bridgehead atoms. The van der Waals surface area contributed by atoms with Gasteiger partial charge in [-0.2, -0.15) is 0 Å². The molecule has 3 aromatic rings. The minimum Gasteiger partial charge on any atom is -0.354 e. The largest absolute Gasteiger partial charge is 0.354 e. The van der Waals surface area contributed by atoms with Crippen molar-refractivity contribution in [3.05, 3.63) is 82.7 Å². The maximum absolute atomic E-state index is 12.6. The Kier molecular flexibility index (Phi) is 5.03. The van der Waals surface area contributed by atoms with Crippen molar-refractivity contribution in [2.75, 3.05) is 10.6 Å². The van der Waals surface area contributed by atoms with Crippen molar-refractivity contribution in [1.29, 1.82) is 0 Å². The van der Waals surface area contributed by atoms with Crippen molar-refractivity contribution in [3.63, 3.8) is 0 Å². The van der Waals surface area contributed by atoms with Gasteiger partial charge in [-0.15, -0.1) is 0 Å². The number of aryl methyl sites for hydroxylation is 2. The first-order valence-electron chi connectivity index (χ1n) is 8.61. The van der Waals surface area contributed by atoms with Crippen LogP contribution in [0.1, 0.15) is 32.6 Å². The summed E-state index contributed by atoms with van der Waals surface area (Å²) in [5.74, 6) is -0.171. The lowest BCUT2D eigenvalue weighted by Gasteiger charge is -2.13. The first-order chi connectivity index (χ1) is 12.5. The van der Waals surface area contributed by atoms with Crippen molar-refractivity contribution in [2.24, 2.45) is 0 Å². The molecule has 0 aliphatic carbocycles. The van der Waals surface area contributed by atoms with Crippen LogP contribution in [-0.2, 0) is 0 Å². The number of aromatic nitrogens is 1. The minimum atomic E-state index is -0.171. The van der Waals surface area contributed by atoms with E-state index in [1.807, 2.05) is 50.2 Å². The molecule has 4 nitrogen and oxygen atoms in total. The number of amides is 1. The zero-order valence-corrected chi connectivity index (χ0v) is 15.6. The number of hydrogen-bond acceptors (Lipinski definition) is 3. The van der Waals surface area contributed by atoms with Crippen molar-refractivity contribution in [2.45, 2.75) is 27.7 Å². The van der Waals surface area contributed by atoms with Gasteiger partial charge in [-0.25, -0.2) is 0 Å². The van der Waals surface area contributed by atoms with Gasteiger partial charge in [-0.05, 0) is 68.1 Å². The highest BCUT2D eigenvalue weighted by Crippen LogP contribution is 2.23. The van der Waals surface area contributed by atoms with Crippen LogP contribution in [0.5, 0.6) is 0 Å². The molecule has 0 atom stereocenters. The second-order valence-corrected chi connectivity index (χ2v) is 6.54. The molecule has 3 rings (SSSR count). The van der Waals surface area contributed by atoms with E-state index < -0.39 is 0 Å². The maximum Gasteiger partial charge on any atom is 0.257 e. The normalized spacial score (nSPS) is 10.5. The van der Waals surface area contributed by atoms with Crippen LogP contribution in [0.15, 0.2) is 54.9 Å². The number of pyridine rings is 1. The number of anilines is 3. The summed E-state index contributed by atoms with van der Waals surface area (Å²) in [6.45, 7) is 8.18. The molecule has 0 aliphatic rings. The summed E-state index contributed by atoms with van der Waals surface area (Å²) in [4.78, 5) is 16.8. The zero-order valence-electron chi connectivity index (χ0n) is 15.6. The first kappa shape index (κ1) is 17.7. The smallest absolute Gasteiger partial charge is 0.257 e. The van der Waals surface area contributed by atoms with Crippen LogP contribution in [0.25, 0.3) is 0 Å². The van der Waals surface area contributed by atoms with Gasteiger partial charge in [0.05, 0.1) is 17.4 Å². The number of carbonyl (C=O) groups is 1. The van der Waals surface area contributed by atoms with E-state index in [1.54, 1.807) is 12.4 Å². The number of rotatable bonds is 4. The molecule has 132 valence electrons. The zero-order chi connectivity index (χ0) is 18.7. The van der Waals surface area contributed by atoms with Gasteiger partial charge in [0, 0.05) is 17.6 Å². The Morgan fingerprint density at radius 2 is 1.46 bits per heavy atom. The standard InChI is InChI=1S/C22H23N3O/c1-14-7-5-9-20(16(14)3)24-19-11-18(12-23-13-19)22(26)25-21-10-6-8-15(2)17(21)4/h5-13,24H,1-4H3,(H,25,26). The highest BCUT2D eigenvalue weighted by Gasteiger charge is 2.10. The second-order valence-electron chi connectivity index (χ2n) is 6.54. The van der Waals surface area contributed by atoms with Gasteiger partial charge in [-0.1, -0.05) is 24.3 Å². The molecule has 0 saturated heterocycles. The highest BCUT2D eigenvalue weighted by molar-refractivity contribution is 6.05. The first-order valence-corrected chi connectivity index (χ1v) is 8.61. The van der Waals surface area contributed by atoms with Crippen LogP contribution in [-0.4, -0.2) is 10.9 Å². The predicted octanol–water partition coefficient (Wildman–Crippen LogP) is 5.31. The highest BCUT2D eigenvalue weighted by atomic mass is 16.1. The van der Waals surface area contributed by atoms with Gasteiger partial charge in [0.25, 0.3) is 5.91 Å². The Balaban J connectivity index is 1.81. The van der Waals surface area contributed by atoms with Crippen molar-refractivity contribution < 1.29 is 4.79 Å². The lowest BCUT2D eigenvalue weighted by molar-refractivity contribution is 0.102. The summed E-state index contributed by atoms with van der Waals surface area (Å²) < 4.78 is 0. The monoisotopic (exact) mass is 345 g/mol. The number of nitrogens with one attached hydrogen (secondary N) is 2. The Labute approximate surface area is 154 Å². The Morgan fingerprint density at radius 3 is 2.15 bits per heavy atom. The SMILES string of the molecule is Cc1cccc(NC(=O)c2cncc(Nc3cccc(C)c3C)c2)c1C. The summed E-state index contributed by atoms with van der Waals surface area (Å²) in [6, 6.07) is 13.8. The molecule has 0 radical (unpaired) electrons. The Morgan fingerprint density at radius 1 is 0.846 bits per heavy atom. The van der Waals surface area contributed by atoms with Crippen LogP contribution < -0.4 is 10.6 Å². The molecule has 0 spiro atoms. The summed E-state index contributed by atoms with van der Waals surface area (Å²) in [5.41, 5.74) is 7.74. The molecule has 2 aromatic carbocycles. The maximum atomic E-state index is 12.6. The predicted molar refractivity (Wildman–Crippen MR) is 107 cm³/mol. The van der Waals surface area contributed by atoms with E-state index in [4.69, 9.17) is 0 Å². The van der Waals surface area contributed by atoms with Crippen LogP contribution >= 0.6 is 0 Å². The molecular formula is C22H23N3O. The molecule has 0 aliphatic heterocycles. The van der Waals surface area contributed by atoms with Crippen molar-refractivity contribution in [1.82, 2.24) is 4.98 Å². The van der Waals surface area contributed by atoms with Crippen LogP contribution in [0.4, 0.5) is 17.1 Å². The third kappa shape index (κ3) is 3.75. The molecule has 0 saturated carbocycles. The Hall–Kier alpha value is -3.14. The number of nitrogens with zero attached hydrogens (tertiary/aromatic N) is 1. The molecule has 0 unspecified atom stereocenters. The molecular weight excluding hydrogens is 322 g/mol. The fraction of sp³-hybridized carbons (Fsp3) is 0.182. The van der Waals surface area contributed by atoms with E-state index in [-0.39, 0.29) is 5.91 Å². The van der Waals surface area contributed by atoms with E-state index >= 15 is 0 Å². The average Bonchev–Trinajstić information content (AvgIpc) is 2.63. The van der Waals surface area contributed by atoms with Crippen LogP contribution in [0, 0.1) is 27.7 Å². The quantitative estimate of drug-likeness (QED) is 0.673. The molecule has 26 heavy (non-hydrogen) atoms. The second kappa shape index (κ2) is 7.40. The molecule has 2 N–H and O–H groups in total. The number of carbonyl (C=O) groups excluding carboxylic acids is 1. The van der Waals surface area contributed by atoms with Crippen LogP contribution in [0.3, 0.4) is 0 Å². The summed E-state index contributed by atoms with van der Waals surface area (Å²) in [5, 5.41) is 6.32. The van der Waals surface area contributed by atoms with E-state index in [9.17, 15) is 4.79 Å². The van der Waals surface area contributed by atoms with Gasteiger partial charge in [-0.3, -0.25) is 9.78 Å². The van der Waals surface area contributed by atoms with Gasteiger partial charge in [0.2, 0.25) is 0 Å². The lowest BCUT2D eigenvalue weighted by Crippen LogP contribution is -2.13. The van der Waals surface area contributed by atoms with Gasteiger partial charge >= 0.3 is 0 Å². The topological polar surface area (TPSA) is 54.0 Å². The number of benzene rings is 2. The summed E-state index contributed by atoms with van der Waals surface area (Å²) in [7, 11) is 0. The van der Waals surface area contributed by atoms with E-state index in [2.05, 4.69) is 35.5 Å². The molecule has 1 heterocycles. The van der Waals surface area contributed by atoms with Gasteiger partial charge in [0.15, 0.2) is 0 Å². The van der Waals surface area contributed by atoms with E-state index in [0.29, 0.717) is 5.56 Å². The summed E-state index contributed by atoms with van der Waals surface area (Å²) in [6.07, 6.45) is 3.30. The number of hydrogen-bond donors (Lipinski definition) is 2. The molecule has 0 fully saturated rings. The fourth-order valence-corrected chi connectivity index (χ4v) is 2.76. The third-order valence-corrected chi connectivity index (χ3v) is 4.74. The van der Waals surface area contributed by atoms with Crippen LogP contribution in [0.2, 0.25) is 0 Å². The van der Waals surface area contributed by atoms with Gasteiger partial charge < -0.3 is 10.6 Å². The van der Waals surface area contributed by atoms with Crippen molar-refractivity contribution in [3.8, 4) is 0 Å². The molecule has 4 heteroatoms. The third-order valence-electron chi connectivity index (χ3n) is 4.74. The Bertz CT molecular complexity index is 963.